The van der Waals surface area contributed by atoms with Crippen LogP contribution >= 0.6 is 0 Å². The summed E-state index contributed by atoms with van der Waals surface area (Å²) in [6.07, 6.45) is 4.67. The van der Waals surface area contributed by atoms with Gasteiger partial charge in [0.1, 0.15) is 0 Å². The summed E-state index contributed by atoms with van der Waals surface area (Å²) >= 11 is 0. The first-order valence-electron chi connectivity index (χ1n) is 3.97. The maximum absolute atomic E-state index is 10.7. The van der Waals surface area contributed by atoms with Crippen molar-refractivity contribution in [1.29, 1.82) is 0 Å². The summed E-state index contributed by atoms with van der Waals surface area (Å²) in [7, 11) is 0. The van der Waals surface area contributed by atoms with E-state index in [9.17, 15) is 4.79 Å². The molecule has 1 aliphatic rings. The van der Waals surface area contributed by atoms with Crippen LogP contribution in [-0.4, -0.2) is 11.4 Å². The number of carbonyl (C=O) groups excluding carboxylic acids is 1. The zero-order chi connectivity index (χ0) is 7.61. The van der Waals surface area contributed by atoms with E-state index in [2.05, 4.69) is 12.2 Å². The minimum Gasteiger partial charge on any atom is -0.351 e. The Hall–Kier alpha value is -0.530. The van der Waals surface area contributed by atoms with Crippen molar-refractivity contribution in [2.75, 3.05) is 0 Å². The van der Waals surface area contributed by atoms with Gasteiger partial charge in [0.25, 0.3) is 0 Å². The molecule has 1 saturated carbocycles. The van der Waals surface area contributed by atoms with Gasteiger partial charge in [0.15, 0.2) is 0 Å². The monoisotopic (exact) mass is 141 g/mol. The van der Waals surface area contributed by atoms with Crippen LogP contribution in [0.15, 0.2) is 0 Å². The number of hydrogen-bond donors (Lipinski definition) is 1. The van der Waals surface area contributed by atoms with Crippen molar-refractivity contribution in [3.05, 3.63) is 0 Å². The van der Waals surface area contributed by atoms with E-state index in [1.807, 2.05) is 0 Å². The first-order valence-corrected chi connectivity index (χ1v) is 3.97. The lowest BCUT2D eigenvalue weighted by Gasteiger charge is -2.13. The van der Waals surface area contributed by atoms with E-state index in [1.54, 1.807) is 6.92 Å². The third-order valence-corrected chi connectivity index (χ3v) is 2.02. The second kappa shape index (κ2) is 2.60. The van der Waals surface area contributed by atoms with Crippen LogP contribution in [0.1, 0.15) is 39.5 Å². The third-order valence-electron chi connectivity index (χ3n) is 2.02. The van der Waals surface area contributed by atoms with Crippen LogP contribution in [0.5, 0.6) is 0 Å². The predicted molar refractivity (Wildman–Crippen MR) is 40.7 cm³/mol. The van der Waals surface area contributed by atoms with Gasteiger partial charge >= 0.3 is 0 Å². The summed E-state index contributed by atoms with van der Waals surface area (Å²) in [6, 6.07) is 0. The molecule has 10 heavy (non-hydrogen) atoms. The van der Waals surface area contributed by atoms with Gasteiger partial charge in [-0.05, 0) is 19.3 Å². The van der Waals surface area contributed by atoms with Crippen molar-refractivity contribution in [3.63, 3.8) is 0 Å². The maximum Gasteiger partial charge on any atom is 0.217 e. The van der Waals surface area contributed by atoms with Gasteiger partial charge in [0, 0.05) is 12.5 Å². The molecule has 1 aliphatic carbocycles. The second-order valence-corrected chi connectivity index (χ2v) is 3.21. The molecule has 0 aromatic carbocycles. The zero-order valence-corrected chi connectivity index (χ0v) is 6.74. The second-order valence-electron chi connectivity index (χ2n) is 3.21. The van der Waals surface area contributed by atoms with E-state index in [4.69, 9.17) is 0 Å². The van der Waals surface area contributed by atoms with Gasteiger partial charge in [-0.15, -0.1) is 0 Å². The van der Waals surface area contributed by atoms with Crippen molar-refractivity contribution in [3.8, 4) is 0 Å². The Labute approximate surface area is 62.0 Å². The van der Waals surface area contributed by atoms with Gasteiger partial charge in [-0.2, -0.15) is 0 Å². The number of carbonyl (C=O) groups is 1. The Balaban J connectivity index is 2.30. The minimum absolute atomic E-state index is 0.117. The molecule has 1 rings (SSSR count). The largest absolute Gasteiger partial charge is 0.351 e. The van der Waals surface area contributed by atoms with Crippen LogP contribution in [0.25, 0.3) is 0 Å². The molecule has 2 heteroatoms. The normalized spacial score (nSPS) is 20.2. The molecule has 0 radical (unpaired) electrons. The Kier molecular flexibility index (Phi) is 1.97. The highest BCUT2D eigenvalue weighted by Crippen LogP contribution is 2.39. The van der Waals surface area contributed by atoms with Crippen molar-refractivity contribution in [2.45, 2.75) is 45.1 Å². The highest BCUT2D eigenvalue weighted by atomic mass is 16.1. The summed E-state index contributed by atoms with van der Waals surface area (Å²) < 4.78 is 0. The highest BCUT2D eigenvalue weighted by molar-refractivity contribution is 5.74. The van der Waals surface area contributed by atoms with Crippen molar-refractivity contribution in [1.82, 2.24) is 5.32 Å². The molecule has 0 atom stereocenters. The van der Waals surface area contributed by atoms with Gasteiger partial charge in [-0.25, -0.2) is 0 Å². The standard InChI is InChI=1S/C8H15NO/c1-3-4-8(5-6-8)9-7(2)10/h3-6H2,1-2H3,(H,9,10). The molecular formula is C8H15NO. The molecule has 0 bridgehead atoms. The summed E-state index contributed by atoms with van der Waals surface area (Å²) in [5, 5.41) is 2.99. The van der Waals surface area contributed by atoms with E-state index in [0.717, 1.165) is 6.42 Å². The number of rotatable bonds is 3. The fraction of sp³-hybridized carbons (Fsp3) is 0.875. The molecule has 1 amide bonds. The van der Waals surface area contributed by atoms with Gasteiger partial charge in [-0.1, -0.05) is 13.3 Å². The van der Waals surface area contributed by atoms with Crippen LogP contribution in [0.3, 0.4) is 0 Å². The van der Waals surface area contributed by atoms with Gasteiger partial charge < -0.3 is 5.32 Å². The Morgan fingerprint density at radius 3 is 2.50 bits per heavy atom. The molecule has 0 spiro atoms. The van der Waals surface area contributed by atoms with E-state index < -0.39 is 0 Å². The molecule has 58 valence electrons. The molecule has 0 aliphatic heterocycles. The molecule has 0 aromatic heterocycles. The van der Waals surface area contributed by atoms with Crippen molar-refractivity contribution in [2.24, 2.45) is 0 Å². The van der Waals surface area contributed by atoms with Crippen LogP contribution in [0, 0.1) is 0 Å². The highest BCUT2D eigenvalue weighted by Gasteiger charge is 2.41. The number of amides is 1. The molecule has 1 fully saturated rings. The maximum atomic E-state index is 10.7. The lowest BCUT2D eigenvalue weighted by molar-refractivity contribution is -0.119. The summed E-state index contributed by atoms with van der Waals surface area (Å²) in [5.74, 6) is 0.117. The van der Waals surface area contributed by atoms with Crippen molar-refractivity contribution >= 4 is 5.91 Å². The van der Waals surface area contributed by atoms with Gasteiger partial charge in [0.05, 0.1) is 0 Å². The van der Waals surface area contributed by atoms with E-state index in [1.165, 1.54) is 19.3 Å². The van der Waals surface area contributed by atoms with Gasteiger partial charge in [-0.3, -0.25) is 4.79 Å². The Morgan fingerprint density at radius 2 is 2.20 bits per heavy atom. The number of nitrogens with one attached hydrogen (secondary N) is 1. The lowest BCUT2D eigenvalue weighted by atomic mass is 10.1. The Bertz CT molecular complexity index is 138. The molecule has 0 unspecified atom stereocenters. The Morgan fingerprint density at radius 1 is 1.60 bits per heavy atom. The van der Waals surface area contributed by atoms with Crippen LogP contribution in [0.2, 0.25) is 0 Å². The quantitative estimate of drug-likeness (QED) is 0.633. The first-order chi connectivity index (χ1) is 4.68. The molecule has 0 heterocycles. The first kappa shape index (κ1) is 7.58. The molecular weight excluding hydrogens is 126 g/mol. The topological polar surface area (TPSA) is 29.1 Å². The summed E-state index contributed by atoms with van der Waals surface area (Å²) in [4.78, 5) is 10.7. The van der Waals surface area contributed by atoms with Gasteiger partial charge in [0.2, 0.25) is 5.91 Å². The van der Waals surface area contributed by atoms with E-state index in [0.29, 0.717) is 0 Å². The SMILES string of the molecule is CCCC1(NC(C)=O)CC1. The minimum atomic E-state index is 0.117. The van der Waals surface area contributed by atoms with E-state index >= 15 is 0 Å². The molecule has 0 saturated heterocycles. The van der Waals surface area contributed by atoms with Crippen LogP contribution in [0.4, 0.5) is 0 Å². The zero-order valence-electron chi connectivity index (χ0n) is 6.74. The average molecular weight is 141 g/mol. The number of hydrogen-bond acceptors (Lipinski definition) is 1. The van der Waals surface area contributed by atoms with Crippen molar-refractivity contribution < 1.29 is 4.79 Å². The summed E-state index contributed by atoms with van der Waals surface area (Å²) in [5.41, 5.74) is 0.223. The van der Waals surface area contributed by atoms with E-state index in [-0.39, 0.29) is 11.4 Å². The molecule has 0 aromatic rings. The van der Waals surface area contributed by atoms with Crippen LogP contribution in [-0.2, 0) is 4.79 Å². The third kappa shape index (κ3) is 1.72. The molecule has 2 nitrogen and oxygen atoms in total. The molecule has 1 N–H and O–H groups in total. The van der Waals surface area contributed by atoms with Crippen LogP contribution < -0.4 is 5.32 Å². The fourth-order valence-corrected chi connectivity index (χ4v) is 1.44. The fourth-order valence-electron chi connectivity index (χ4n) is 1.44. The average Bonchev–Trinajstić information content (AvgIpc) is 2.47. The lowest BCUT2D eigenvalue weighted by Crippen LogP contribution is -2.34. The smallest absolute Gasteiger partial charge is 0.217 e. The summed E-state index contributed by atoms with van der Waals surface area (Å²) in [6.45, 7) is 3.75. The predicted octanol–water partition coefficient (Wildman–Crippen LogP) is 1.46.